The van der Waals surface area contributed by atoms with Crippen LogP contribution in [0.1, 0.15) is 16.1 Å². The molecular weight excluding hydrogens is 250 g/mol. The number of aryl methyl sites for hydroxylation is 1. The minimum absolute atomic E-state index is 0.0284. The van der Waals surface area contributed by atoms with Crippen LogP contribution in [-0.2, 0) is 0 Å². The highest BCUT2D eigenvalue weighted by Crippen LogP contribution is 2.23. The summed E-state index contributed by atoms with van der Waals surface area (Å²) in [6.45, 7) is 1.57. The van der Waals surface area contributed by atoms with Gasteiger partial charge in [0.25, 0.3) is 5.69 Å². The minimum Gasteiger partial charge on any atom is -0.422 e. The Hall–Kier alpha value is -2.83. The minimum atomic E-state index is -0.665. The van der Waals surface area contributed by atoms with Crippen molar-refractivity contribution in [1.82, 2.24) is 9.97 Å². The van der Waals surface area contributed by atoms with Crippen molar-refractivity contribution in [1.29, 1.82) is 0 Å². The second-order valence-electron chi connectivity index (χ2n) is 3.69. The van der Waals surface area contributed by atoms with Crippen molar-refractivity contribution in [3.63, 3.8) is 0 Å². The fourth-order valence-electron chi connectivity index (χ4n) is 1.46. The Balaban J connectivity index is 2.19. The fourth-order valence-corrected chi connectivity index (χ4v) is 1.46. The Labute approximate surface area is 108 Å². The maximum Gasteiger partial charge on any atom is 0.363 e. The highest BCUT2D eigenvalue weighted by Gasteiger charge is 2.14. The first kappa shape index (κ1) is 12.6. The van der Waals surface area contributed by atoms with E-state index >= 15 is 0 Å². The standard InChI is InChI=1S/C12H9N3O4/c1-8-6-9(2-3-11(8)15(17)18)19-12(16)10-7-13-4-5-14-10/h2-7H,1H3. The smallest absolute Gasteiger partial charge is 0.363 e. The molecule has 0 amide bonds. The van der Waals surface area contributed by atoms with Crippen molar-refractivity contribution in [3.05, 3.63) is 58.2 Å². The largest absolute Gasteiger partial charge is 0.422 e. The van der Waals surface area contributed by atoms with E-state index in [0.29, 0.717) is 5.56 Å². The molecule has 0 saturated heterocycles. The van der Waals surface area contributed by atoms with Crippen LogP contribution < -0.4 is 4.74 Å². The normalized spacial score (nSPS) is 9.95. The van der Waals surface area contributed by atoms with Crippen LogP contribution >= 0.6 is 0 Å². The van der Waals surface area contributed by atoms with Crippen LogP contribution in [0.25, 0.3) is 0 Å². The summed E-state index contributed by atoms with van der Waals surface area (Å²) in [6.07, 6.45) is 4.09. The number of hydrogen-bond acceptors (Lipinski definition) is 6. The predicted octanol–water partition coefficient (Wildman–Crippen LogP) is 1.91. The van der Waals surface area contributed by atoms with Crippen LogP contribution in [0.15, 0.2) is 36.8 Å². The molecule has 0 bridgehead atoms. The first-order valence-electron chi connectivity index (χ1n) is 5.31. The van der Waals surface area contributed by atoms with E-state index < -0.39 is 10.9 Å². The molecule has 0 atom stereocenters. The van der Waals surface area contributed by atoms with E-state index in [1.807, 2.05) is 0 Å². The van der Waals surface area contributed by atoms with Gasteiger partial charge < -0.3 is 4.74 Å². The topological polar surface area (TPSA) is 95.2 Å². The third-order valence-electron chi connectivity index (χ3n) is 2.35. The van der Waals surface area contributed by atoms with E-state index in [1.165, 1.54) is 36.8 Å². The molecule has 1 aromatic carbocycles. The highest BCUT2D eigenvalue weighted by atomic mass is 16.6. The third kappa shape index (κ3) is 2.89. The Kier molecular flexibility index (Phi) is 3.46. The lowest BCUT2D eigenvalue weighted by Gasteiger charge is -2.04. The molecule has 7 nitrogen and oxygen atoms in total. The van der Waals surface area contributed by atoms with Crippen LogP contribution in [0.4, 0.5) is 5.69 Å². The summed E-state index contributed by atoms with van der Waals surface area (Å²) in [5, 5.41) is 10.7. The summed E-state index contributed by atoms with van der Waals surface area (Å²) < 4.78 is 5.05. The van der Waals surface area contributed by atoms with E-state index in [9.17, 15) is 14.9 Å². The number of esters is 1. The molecule has 1 heterocycles. The van der Waals surface area contributed by atoms with Gasteiger partial charge in [-0.25, -0.2) is 9.78 Å². The number of nitrogens with zero attached hydrogens (tertiary/aromatic N) is 3. The van der Waals surface area contributed by atoms with E-state index in [4.69, 9.17) is 4.74 Å². The monoisotopic (exact) mass is 259 g/mol. The predicted molar refractivity (Wildman–Crippen MR) is 64.8 cm³/mol. The maximum absolute atomic E-state index is 11.7. The lowest BCUT2D eigenvalue weighted by molar-refractivity contribution is -0.385. The van der Waals surface area contributed by atoms with Crippen molar-refractivity contribution < 1.29 is 14.5 Å². The van der Waals surface area contributed by atoms with E-state index in [1.54, 1.807) is 6.92 Å². The molecule has 0 radical (unpaired) electrons. The molecule has 19 heavy (non-hydrogen) atoms. The van der Waals surface area contributed by atoms with Gasteiger partial charge in [-0.2, -0.15) is 0 Å². The lowest BCUT2D eigenvalue weighted by atomic mass is 10.2. The average Bonchev–Trinajstić information content (AvgIpc) is 2.39. The number of ether oxygens (including phenoxy) is 1. The SMILES string of the molecule is Cc1cc(OC(=O)c2cnccn2)ccc1[N+](=O)[O-]. The summed E-state index contributed by atoms with van der Waals surface area (Å²) in [5.74, 6) is -0.444. The zero-order valence-corrected chi connectivity index (χ0v) is 9.94. The van der Waals surface area contributed by atoms with Crippen molar-refractivity contribution in [2.45, 2.75) is 6.92 Å². The van der Waals surface area contributed by atoms with Gasteiger partial charge in [0.1, 0.15) is 5.75 Å². The Morgan fingerprint density at radius 3 is 2.74 bits per heavy atom. The van der Waals surface area contributed by atoms with Gasteiger partial charge in [-0.1, -0.05) is 0 Å². The number of carbonyl (C=O) groups excluding carboxylic acids is 1. The zero-order chi connectivity index (χ0) is 13.8. The van der Waals surface area contributed by atoms with Gasteiger partial charge in [-0.05, 0) is 19.1 Å². The van der Waals surface area contributed by atoms with Gasteiger partial charge in [0.2, 0.25) is 0 Å². The van der Waals surface area contributed by atoms with Crippen LogP contribution in [0.5, 0.6) is 5.75 Å². The van der Waals surface area contributed by atoms with Crippen LogP contribution in [0, 0.1) is 17.0 Å². The van der Waals surface area contributed by atoms with Gasteiger partial charge >= 0.3 is 5.97 Å². The Bertz CT molecular complexity index is 628. The summed E-state index contributed by atoms with van der Waals surface area (Å²) in [6, 6.07) is 4.07. The Morgan fingerprint density at radius 2 is 2.16 bits per heavy atom. The summed E-state index contributed by atoms with van der Waals surface area (Å²) >= 11 is 0. The van der Waals surface area contributed by atoms with Gasteiger partial charge in [-0.3, -0.25) is 15.1 Å². The van der Waals surface area contributed by atoms with E-state index in [0.717, 1.165) is 0 Å². The summed E-state index contributed by atoms with van der Waals surface area (Å²) in [5.41, 5.74) is 0.451. The molecule has 96 valence electrons. The number of carbonyl (C=O) groups is 1. The fraction of sp³-hybridized carbons (Fsp3) is 0.0833. The second kappa shape index (κ2) is 5.21. The Morgan fingerprint density at radius 1 is 1.37 bits per heavy atom. The highest BCUT2D eigenvalue weighted by molar-refractivity contribution is 5.88. The van der Waals surface area contributed by atoms with Gasteiger partial charge in [0.05, 0.1) is 11.1 Å². The average molecular weight is 259 g/mol. The lowest BCUT2D eigenvalue weighted by Crippen LogP contribution is -2.10. The number of hydrogen-bond donors (Lipinski definition) is 0. The molecule has 0 saturated carbocycles. The summed E-state index contributed by atoms with van der Waals surface area (Å²) in [7, 11) is 0. The number of nitro groups is 1. The molecule has 7 heteroatoms. The quantitative estimate of drug-likeness (QED) is 0.361. The van der Waals surface area contributed by atoms with Crippen molar-refractivity contribution in [3.8, 4) is 5.75 Å². The molecule has 2 rings (SSSR count). The van der Waals surface area contributed by atoms with Crippen molar-refractivity contribution >= 4 is 11.7 Å². The van der Waals surface area contributed by atoms with Crippen molar-refractivity contribution in [2.24, 2.45) is 0 Å². The summed E-state index contributed by atoms with van der Waals surface area (Å²) in [4.78, 5) is 29.4. The van der Waals surface area contributed by atoms with E-state index in [-0.39, 0.29) is 17.1 Å². The van der Waals surface area contributed by atoms with Crippen LogP contribution in [0.3, 0.4) is 0 Å². The molecule has 2 aromatic rings. The maximum atomic E-state index is 11.7. The molecule has 1 aromatic heterocycles. The third-order valence-corrected chi connectivity index (χ3v) is 2.35. The number of benzene rings is 1. The zero-order valence-electron chi connectivity index (χ0n) is 9.94. The molecule has 0 aliphatic heterocycles. The van der Waals surface area contributed by atoms with Crippen molar-refractivity contribution in [2.75, 3.05) is 0 Å². The van der Waals surface area contributed by atoms with Crippen LogP contribution in [0.2, 0.25) is 0 Å². The number of nitro benzene ring substituents is 1. The molecule has 0 aliphatic carbocycles. The van der Waals surface area contributed by atoms with Gasteiger partial charge in [0, 0.05) is 24.0 Å². The molecule has 0 unspecified atom stereocenters. The van der Waals surface area contributed by atoms with Crippen LogP contribution in [-0.4, -0.2) is 20.9 Å². The van der Waals surface area contributed by atoms with E-state index in [2.05, 4.69) is 9.97 Å². The van der Waals surface area contributed by atoms with Gasteiger partial charge in [-0.15, -0.1) is 0 Å². The second-order valence-corrected chi connectivity index (χ2v) is 3.69. The molecule has 0 fully saturated rings. The molecule has 0 spiro atoms. The molecule has 0 N–H and O–H groups in total. The first-order chi connectivity index (χ1) is 9.08. The number of rotatable bonds is 3. The van der Waals surface area contributed by atoms with Gasteiger partial charge in [0.15, 0.2) is 5.69 Å². The first-order valence-corrected chi connectivity index (χ1v) is 5.31. The molecule has 0 aliphatic rings. The molecular formula is C12H9N3O4. The number of aromatic nitrogens is 2.